The summed E-state index contributed by atoms with van der Waals surface area (Å²) in [5.41, 5.74) is 0. The third-order valence-electron chi connectivity index (χ3n) is 10.0. The summed E-state index contributed by atoms with van der Waals surface area (Å²) in [7, 11) is 0. The van der Waals surface area contributed by atoms with E-state index >= 15 is 0 Å². The summed E-state index contributed by atoms with van der Waals surface area (Å²) < 4.78 is 5.43. The molecule has 0 aliphatic carbocycles. The Morgan fingerprint density at radius 3 is 1.55 bits per heavy atom. The summed E-state index contributed by atoms with van der Waals surface area (Å²) in [4.78, 5) is 24.3. The number of amides is 1. The monoisotopic (exact) mass is 720 g/mol. The number of aliphatic hydroxyl groups excluding tert-OH is 2. The highest BCUT2D eigenvalue weighted by Crippen LogP contribution is 2.15. The van der Waals surface area contributed by atoms with Gasteiger partial charge in [-0.2, -0.15) is 0 Å². The summed E-state index contributed by atoms with van der Waals surface area (Å²) in [5.74, 6) is -0.0963. The summed E-state index contributed by atoms with van der Waals surface area (Å²) in [6, 6.07) is -0.557. The molecular formula is C45H85NO5. The Hall–Kier alpha value is -1.66. The van der Waals surface area contributed by atoms with Crippen LogP contribution in [0.3, 0.4) is 0 Å². The molecule has 0 saturated carbocycles. The standard InChI is InChI=1S/C45H85NO5/c1-3-5-7-9-11-13-15-16-17-18-23-27-31-35-39-45(50)51-40-36-32-28-24-20-19-22-26-30-34-38-44(49)46-42(41-47)43(48)37-33-29-25-21-14-12-10-8-6-4-2/h9,11,15-16,42-43,47-48H,3-8,10,12-14,17-41H2,1-2H3,(H,46,49)/b11-9-,16-15-. The van der Waals surface area contributed by atoms with E-state index in [2.05, 4.69) is 43.5 Å². The number of allylic oxidation sites excluding steroid dienone is 4. The van der Waals surface area contributed by atoms with E-state index in [4.69, 9.17) is 4.74 Å². The summed E-state index contributed by atoms with van der Waals surface area (Å²) >= 11 is 0. The molecule has 0 bridgehead atoms. The molecule has 0 spiro atoms. The number of ether oxygens (including phenoxy) is 1. The van der Waals surface area contributed by atoms with Crippen molar-refractivity contribution < 1.29 is 24.5 Å². The van der Waals surface area contributed by atoms with Crippen LogP contribution in [0.25, 0.3) is 0 Å². The van der Waals surface area contributed by atoms with Crippen molar-refractivity contribution in [1.29, 1.82) is 0 Å². The Balaban J connectivity index is 3.49. The van der Waals surface area contributed by atoms with Gasteiger partial charge in [-0.05, 0) is 51.4 Å². The van der Waals surface area contributed by atoms with E-state index in [0.29, 0.717) is 25.9 Å². The largest absolute Gasteiger partial charge is 0.466 e. The van der Waals surface area contributed by atoms with E-state index < -0.39 is 12.1 Å². The first-order valence-corrected chi connectivity index (χ1v) is 22.1. The molecule has 0 rings (SSSR count). The van der Waals surface area contributed by atoms with E-state index in [9.17, 15) is 19.8 Å². The van der Waals surface area contributed by atoms with Gasteiger partial charge in [-0.15, -0.1) is 0 Å². The van der Waals surface area contributed by atoms with Crippen LogP contribution in [0.1, 0.15) is 226 Å². The molecule has 51 heavy (non-hydrogen) atoms. The van der Waals surface area contributed by atoms with Crippen LogP contribution in [0.15, 0.2) is 24.3 Å². The molecule has 0 aromatic carbocycles. The van der Waals surface area contributed by atoms with Crippen LogP contribution in [0.5, 0.6) is 0 Å². The molecule has 0 aliphatic rings. The quantitative estimate of drug-likeness (QED) is 0.0333. The van der Waals surface area contributed by atoms with Crippen molar-refractivity contribution in [3.63, 3.8) is 0 Å². The molecule has 300 valence electrons. The fourth-order valence-corrected chi connectivity index (χ4v) is 6.54. The predicted molar refractivity (Wildman–Crippen MR) is 218 cm³/mol. The van der Waals surface area contributed by atoms with Crippen molar-refractivity contribution in [2.45, 2.75) is 238 Å². The van der Waals surface area contributed by atoms with Crippen molar-refractivity contribution in [3.05, 3.63) is 24.3 Å². The number of nitrogens with one attached hydrogen (secondary N) is 1. The van der Waals surface area contributed by atoms with Gasteiger partial charge in [0.2, 0.25) is 5.91 Å². The maximum absolute atomic E-state index is 12.4. The number of hydrogen-bond donors (Lipinski definition) is 3. The van der Waals surface area contributed by atoms with Gasteiger partial charge in [0.15, 0.2) is 0 Å². The number of carbonyl (C=O) groups is 2. The zero-order chi connectivity index (χ0) is 37.3. The van der Waals surface area contributed by atoms with E-state index in [1.165, 1.54) is 122 Å². The minimum atomic E-state index is -0.677. The molecule has 0 aromatic heterocycles. The van der Waals surface area contributed by atoms with Gasteiger partial charge in [0.05, 0.1) is 25.4 Å². The van der Waals surface area contributed by atoms with Gasteiger partial charge in [-0.1, -0.05) is 186 Å². The number of rotatable bonds is 40. The minimum absolute atomic E-state index is 0.0344. The molecule has 3 N–H and O–H groups in total. The van der Waals surface area contributed by atoms with E-state index in [-0.39, 0.29) is 18.5 Å². The van der Waals surface area contributed by atoms with Crippen LogP contribution in [0.4, 0.5) is 0 Å². The molecule has 1 amide bonds. The second-order valence-corrected chi connectivity index (χ2v) is 15.0. The normalized spacial score (nSPS) is 12.9. The van der Waals surface area contributed by atoms with Crippen molar-refractivity contribution >= 4 is 11.9 Å². The molecule has 0 saturated heterocycles. The van der Waals surface area contributed by atoms with Gasteiger partial charge < -0.3 is 20.3 Å². The van der Waals surface area contributed by atoms with E-state index in [0.717, 1.165) is 70.6 Å². The average Bonchev–Trinajstić information content (AvgIpc) is 3.13. The first kappa shape index (κ1) is 49.3. The van der Waals surface area contributed by atoms with Gasteiger partial charge in [0.25, 0.3) is 0 Å². The van der Waals surface area contributed by atoms with Crippen molar-refractivity contribution in [1.82, 2.24) is 5.32 Å². The minimum Gasteiger partial charge on any atom is -0.466 e. The lowest BCUT2D eigenvalue weighted by molar-refractivity contribution is -0.143. The number of hydrogen-bond acceptors (Lipinski definition) is 5. The molecule has 0 aromatic rings. The molecule has 6 nitrogen and oxygen atoms in total. The Morgan fingerprint density at radius 1 is 0.549 bits per heavy atom. The number of unbranched alkanes of at least 4 members (excludes halogenated alkanes) is 25. The Kier molecular flexibility index (Phi) is 39.8. The lowest BCUT2D eigenvalue weighted by Gasteiger charge is -2.22. The van der Waals surface area contributed by atoms with Crippen LogP contribution in [0, 0.1) is 0 Å². The smallest absolute Gasteiger partial charge is 0.305 e. The first-order chi connectivity index (χ1) is 25.0. The van der Waals surface area contributed by atoms with E-state index in [1.807, 2.05) is 0 Å². The highest BCUT2D eigenvalue weighted by Gasteiger charge is 2.20. The predicted octanol–water partition coefficient (Wildman–Crippen LogP) is 12.4. The maximum Gasteiger partial charge on any atom is 0.305 e. The third kappa shape index (κ3) is 37.9. The van der Waals surface area contributed by atoms with Gasteiger partial charge in [0, 0.05) is 12.8 Å². The van der Waals surface area contributed by atoms with Gasteiger partial charge in [0.1, 0.15) is 0 Å². The Bertz CT molecular complexity index is 797. The lowest BCUT2D eigenvalue weighted by Crippen LogP contribution is -2.45. The zero-order valence-electron chi connectivity index (χ0n) is 33.8. The number of carbonyl (C=O) groups excluding carboxylic acids is 2. The highest BCUT2D eigenvalue weighted by molar-refractivity contribution is 5.76. The SMILES string of the molecule is CCCC/C=C\C/C=C\CCCCCCCC(=O)OCCCCCCCCCCCCC(=O)NC(CO)C(O)CCCCCCCCCCCC. The lowest BCUT2D eigenvalue weighted by atomic mass is 10.0. The molecule has 0 aliphatic heterocycles. The zero-order valence-corrected chi connectivity index (χ0v) is 33.8. The third-order valence-corrected chi connectivity index (χ3v) is 10.0. The Labute approximate surface area is 316 Å². The van der Waals surface area contributed by atoms with Crippen LogP contribution >= 0.6 is 0 Å². The molecule has 2 atom stereocenters. The van der Waals surface area contributed by atoms with Gasteiger partial charge in [-0.25, -0.2) is 0 Å². The highest BCUT2D eigenvalue weighted by atomic mass is 16.5. The van der Waals surface area contributed by atoms with Crippen molar-refractivity contribution in [2.24, 2.45) is 0 Å². The van der Waals surface area contributed by atoms with Crippen LogP contribution in [0.2, 0.25) is 0 Å². The number of aliphatic hydroxyl groups is 2. The molecule has 2 unspecified atom stereocenters. The summed E-state index contributed by atoms with van der Waals surface area (Å²) in [5, 5.41) is 23.0. The summed E-state index contributed by atoms with van der Waals surface area (Å²) in [6.45, 7) is 4.82. The molecular weight excluding hydrogens is 634 g/mol. The maximum atomic E-state index is 12.4. The number of esters is 1. The van der Waals surface area contributed by atoms with Crippen LogP contribution < -0.4 is 5.32 Å². The first-order valence-electron chi connectivity index (χ1n) is 22.1. The fraction of sp³-hybridized carbons (Fsp3) is 0.867. The van der Waals surface area contributed by atoms with Gasteiger partial charge in [-0.3, -0.25) is 9.59 Å². The second kappa shape index (κ2) is 41.1. The topological polar surface area (TPSA) is 95.9 Å². The van der Waals surface area contributed by atoms with Crippen LogP contribution in [-0.4, -0.2) is 47.4 Å². The molecule has 0 radical (unpaired) electrons. The fourth-order valence-electron chi connectivity index (χ4n) is 6.54. The van der Waals surface area contributed by atoms with Gasteiger partial charge >= 0.3 is 5.97 Å². The average molecular weight is 720 g/mol. The second-order valence-electron chi connectivity index (χ2n) is 15.0. The molecule has 0 heterocycles. The van der Waals surface area contributed by atoms with E-state index in [1.54, 1.807) is 0 Å². The van der Waals surface area contributed by atoms with Crippen LogP contribution in [-0.2, 0) is 14.3 Å². The van der Waals surface area contributed by atoms with Crippen molar-refractivity contribution in [3.8, 4) is 0 Å². The molecule has 0 fully saturated rings. The molecule has 6 heteroatoms. The van der Waals surface area contributed by atoms with Crippen molar-refractivity contribution in [2.75, 3.05) is 13.2 Å². The Morgan fingerprint density at radius 2 is 1.00 bits per heavy atom. The summed E-state index contributed by atoms with van der Waals surface area (Å²) in [6.07, 6.45) is 45.5.